The minimum Gasteiger partial charge on any atom is -0.335 e. The van der Waals surface area contributed by atoms with Crippen molar-refractivity contribution in [2.75, 3.05) is 5.32 Å². The first-order valence-electron chi connectivity index (χ1n) is 6.83. The van der Waals surface area contributed by atoms with Gasteiger partial charge in [0.15, 0.2) is 0 Å². The van der Waals surface area contributed by atoms with Gasteiger partial charge in [0.2, 0.25) is 0 Å². The Kier molecular flexibility index (Phi) is 4.47. The predicted molar refractivity (Wildman–Crippen MR) is 86.5 cm³/mol. The molecule has 2 amide bonds. The van der Waals surface area contributed by atoms with Crippen molar-refractivity contribution in [3.05, 3.63) is 16.1 Å². The van der Waals surface area contributed by atoms with Gasteiger partial charge in [-0.3, -0.25) is 0 Å². The van der Waals surface area contributed by atoms with E-state index >= 15 is 0 Å². The Morgan fingerprint density at radius 1 is 1.14 bits per heavy atom. The fraction of sp³-hybridized carbons (Fsp3) is 0.462. The van der Waals surface area contributed by atoms with Crippen LogP contribution in [0.4, 0.5) is 10.5 Å². The molecule has 21 heavy (non-hydrogen) atoms. The lowest BCUT2D eigenvalue weighted by atomic mass is 9.96. The maximum atomic E-state index is 12.1. The average Bonchev–Trinajstić information content (AvgIpc) is 2.94. The Balaban J connectivity index is 1.78. The molecule has 8 heteroatoms. The maximum absolute atomic E-state index is 12.1. The molecule has 0 bridgehead atoms. The van der Waals surface area contributed by atoms with E-state index in [9.17, 15) is 4.79 Å². The van der Waals surface area contributed by atoms with Crippen molar-refractivity contribution in [1.82, 2.24) is 14.1 Å². The molecule has 2 N–H and O–H groups in total. The van der Waals surface area contributed by atoms with Crippen molar-refractivity contribution in [2.45, 2.75) is 38.1 Å². The zero-order valence-corrected chi connectivity index (χ0v) is 13.5. The van der Waals surface area contributed by atoms with Gasteiger partial charge in [0, 0.05) is 6.04 Å². The third kappa shape index (κ3) is 3.22. The third-order valence-corrected chi connectivity index (χ3v) is 4.74. The Bertz CT molecular complexity index is 669. The zero-order valence-electron chi connectivity index (χ0n) is 11.2. The molecule has 0 atom stereocenters. The molecule has 1 fully saturated rings. The van der Waals surface area contributed by atoms with Gasteiger partial charge >= 0.3 is 6.03 Å². The summed E-state index contributed by atoms with van der Waals surface area (Å²) in [6.07, 6.45) is 5.61. The van der Waals surface area contributed by atoms with Gasteiger partial charge in [-0.05, 0) is 18.9 Å². The van der Waals surface area contributed by atoms with Gasteiger partial charge in [-0.15, -0.1) is 0 Å². The van der Waals surface area contributed by atoms with E-state index < -0.39 is 0 Å². The van der Waals surface area contributed by atoms with Crippen LogP contribution in [0.25, 0.3) is 11.0 Å². The number of hydrogen-bond donors (Lipinski definition) is 2. The van der Waals surface area contributed by atoms with Crippen molar-refractivity contribution in [3.8, 4) is 0 Å². The number of anilines is 1. The summed E-state index contributed by atoms with van der Waals surface area (Å²) < 4.78 is 8.27. The summed E-state index contributed by atoms with van der Waals surface area (Å²) >= 11 is 13.3. The van der Waals surface area contributed by atoms with Crippen molar-refractivity contribution >= 4 is 57.7 Å². The average molecular weight is 345 g/mol. The molecule has 0 radical (unpaired) electrons. The van der Waals surface area contributed by atoms with Crippen molar-refractivity contribution in [1.29, 1.82) is 0 Å². The monoisotopic (exact) mass is 344 g/mol. The summed E-state index contributed by atoms with van der Waals surface area (Å²) in [4.78, 5) is 12.1. The molecule has 1 aliphatic rings. The molecule has 1 heterocycles. The van der Waals surface area contributed by atoms with E-state index in [4.69, 9.17) is 23.2 Å². The molecule has 0 unspecified atom stereocenters. The Hall–Kier alpha value is -1.11. The quantitative estimate of drug-likeness (QED) is 0.845. The van der Waals surface area contributed by atoms with Gasteiger partial charge in [0.25, 0.3) is 0 Å². The van der Waals surface area contributed by atoms with E-state index in [1.165, 1.54) is 6.42 Å². The molecule has 3 rings (SSSR count). The number of carbonyl (C=O) groups excluding carboxylic acids is 1. The molecule has 5 nitrogen and oxygen atoms in total. The van der Waals surface area contributed by atoms with Gasteiger partial charge in [0.05, 0.1) is 27.5 Å². The van der Waals surface area contributed by atoms with Crippen LogP contribution in [-0.4, -0.2) is 20.8 Å². The predicted octanol–water partition coefficient (Wildman–Crippen LogP) is 4.45. The number of benzene rings is 1. The highest BCUT2D eigenvalue weighted by atomic mass is 35.5. The van der Waals surface area contributed by atoms with E-state index in [0.717, 1.165) is 37.4 Å². The largest absolute Gasteiger partial charge is 0.335 e. The number of rotatable bonds is 2. The Morgan fingerprint density at radius 3 is 2.62 bits per heavy atom. The molecular weight excluding hydrogens is 331 g/mol. The normalized spacial score (nSPS) is 16.1. The highest BCUT2D eigenvalue weighted by Crippen LogP contribution is 2.35. The van der Waals surface area contributed by atoms with Crippen LogP contribution in [0.5, 0.6) is 0 Å². The van der Waals surface area contributed by atoms with Crippen LogP contribution in [0.3, 0.4) is 0 Å². The van der Waals surface area contributed by atoms with E-state index in [1.807, 2.05) is 0 Å². The molecular formula is C13H14Cl2N4OS. The molecule has 2 aromatic rings. The number of halogens is 2. The summed E-state index contributed by atoms with van der Waals surface area (Å²) in [5.74, 6) is 0. The third-order valence-electron chi connectivity index (χ3n) is 3.62. The molecule has 1 aromatic carbocycles. The van der Waals surface area contributed by atoms with Crippen LogP contribution >= 0.6 is 34.9 Å². The van der Waals surface area contributed by atoms with E-state index in [0.29, 0.717) is 26.8 Å². The molecule has 1 aromatic heterocycles. The second-order valence-corrected chi connectivity index (χ2v) is 6.45. The van der Waals surface area contributed by atoms with Gasteiger partial charge in [-0.25, -0.2) is 4.79 Å². The number of hydrogen-bond acceptors (Lipinski definition) is 4. The van der Waals surface area contributed by atoms with Crippen molar-refractivity contribution in [2.24, 2.45) is 0 Å². The van der Waals surface area contributed by atoms with Crippen LogP contribution in [0, 0.1) is 0 Å². The van der Waals surface area contributed by atoms with E-state index in [2.05, 4.69) is 19.4 Å². The highest BCUT2D eigenvalue weighted by Gasteiger charge is 2.19. The van der Waals surface area contributed by atoms with Crippen LogP contribution in [0.1, 0.15) is 32.1 Å². The van der Waals surface area contributed by atoms with Crippen LogP contribution < -0.4 is 10.6 Å². The first-order valence-corrected chi connectivity index (χ1v) is 8.31. The fourth-order valence-corrected chi connectivity index (χ4v) is 3.73. The Labute approximate surface area is 136 Å². The first kappa shape index (κ1) is 14.8. The van der Waals surface area contributed by atoms with Gasteiger partial charge < -0.3 is 10.6 Å². The van der Waals surface area contributed by atoms with Gasteiger partial charge in [-0.2, -0.15) is 8.75 Å². The molecule has 0 saturated heterocycles. The summed E-state index contributed by atoms with van der Waals surface area (Å²) in [5.41, 5.74) is 1.54. The lowest BCUT2D eigenvalue weighted by Crippen LogP contribution is -2.39. The smallest absolute Gasteiger partial charge is 0.319 e. The Morgan fingerprint density at radius 2 is 1.86 bits per heavy atom. The summed E-state index contributed by atoms with van der Waals surface area (Å²) in [5, 5.41) is 6.55. The molecule has 1 saturated carbocycles. The van der Waals surface area contributed by atoms with Crippen LogP contribution in [0.15, 0.2) is 6.07 Å². The SMILES string of the molecule is O=C(Nc1c(Cl)cc(Cl)c2nsnc12)NC1CCCCC1. The minimum atomic E-state index is -0.263. The van der Waals surface area contributed by atoms with Crippen molar-refractivity contribution in [3.63, 3.8) is 0 Å². The second-order valence-electron chi connectivity index (χ2n) is 5.11. The first-order chi connectivity index (χ1) is 10.1. The number of fused-ring (bicyclic) bond motifs is 1. The van der Waals surface area contributed by atoms with E-state index in [-0.39, 0.29) is 12.1 Å². The van der Waals surface area contributed by atoms with Crippen LogP contribution in [-0.2, 0) is 0 Å². The van der Waals surface area contributed by atoms with Gasteiger partial charge in [0.1, 0.15) is 11.0 Å². The lowest BCUT2D eigenvalue weighted by Gasteiger charge is -2.23. The minimum absolute atomic E-state index is 0.230. The standard InChI is InChI=1S/C13H14Cl2N4OS/c14-8-6-9(15)11-12(19-21-18-11)10(8)17-13(20)16-7-4-2-1-3-5-7/h6-7H,1-5H2,(H2,16,17,20). The number of nitrogens with one attached hydrogen (secondary N) is 2. The van der Waals surface area contributed by atoms with E-state index in [1.54, 1.807) is 6.07 Å². The second kappa shape index (κ2) is 6.34. The molecule has 112 valence electrons. The number of aromatic nitrogens is 2. The van der Waals surface area contributed by atoms with Crippen LogP contribution in [0.2, 0.25) is 10.0 Å². The fourth-order valence-electron chi connectivity index (χ4n) is 2.58. The summed E-state index contributed by atoms with van der Waals surface area (Å²) in [6.45, 7) is 0. The lowest BCUT2D eigenvalue weighted by molar-refractivity contribution is 0.244. The number of amides is 2. The van der Waals surface area contributed by atoms with Gasteiger partial charge in [-0.1, -0.05) is 42.5 Å². The topological polar surface area (TPSA) is 66.9 Å². The molecule has 1 aliphatic carbocycles. The number of nitrogens with zero attached hydrogens (tertiary/aromatic N) is 2. The number of urea groups is 1. The summed E-state index contributed by atoms with van der Waals surface area (Å²) in [7, 11) is 0. The zero-order chi connectivity index (χ0) is 14.8. The molecule has 0 spiro atoms. The highest BCUT2D eigenvalue weighted by molar-refractivity contribution is 7.00. The van der Waals surface area contributed by atoms with Crippen molar-refractivity contribution < 1.29 is 4.79 Å². The summed E-state index contributed by atoms with van der Waals surface area (Å²) in [6, 6.07) is 1.54. The number of carbonyl (C=O) groups is 1. The maximum Gasteiger partial charge on any atom is 0.319 e. The molecule has 0 aliphatic heterocycles.